The van der Waals surface area contributed by atoms with E-state index in [0.29, 0.717) is 0 Å². The van der Waals surface area contributed by atoms with Gasteiger partial charge in [-0.1, -0.05) is 55.6 Å². The number of hydrogen-bond acceptors (Lipinski definition) is 1. The third-order valence-corrected chi connectivity index (χ3v) is 5.07. The summed E-state index contributed by atoms with van der Waals surface area (Å²) in [6.07, 6.45) is 0. The van der Waals surface area contributed by atoms with Crippen LogP contribution in [0.1, 0.15) is 27.1 Å². The lowest BCUT2D eigenvalue weighted by molar-refractivity contribution is 0.408. The molecular formula is C16H15Br2ClO. The highest BCUT2D eigenvalue weighted by atomic mass is 79.9. The largest absolute Gasteiger partial charge is 0.496 e. The fraction of sp³-hybridized carbons (Fsp3) is 0.250. The number of ether oxygens (including phenoxy) is 1. The van der Waals surface area contributed by atoms with E-state index in [1.54, 1.807) is 7.11 Å². The Labute approximate surface area is 141 Å². The summed E-state index contributed by atoms with van der Waals surface area (Å²) in [5, 5.41) is 0.751. The van der Waals surface area contributed by atoms with Crippen LogP contribution < -0.4 is 4.74 Å². The molecule has 20 heavy (non-hydrogen) atoms. The van der Waals surface area contributed by atoms with Crippen LogP contribution in [-0.2, 0) is 0 Å². The molecule has 0 saturated carbocycles. The molecule has 0 heterocycles. The molecule has 106 valence electrons. The average molecular weight is 419 g/mol. The highest BCUT2D eigenvalue weighted by Crippen LogP contribution is 2.39. The molecule has 0 aromatic heterocycles. The van der Waals surface area contributed by atoms with Crippen LogP contribution in [0.4, 0.5) is 0 Å². The summed E-state index contributed by atoms with van der Waals surface area (Å²) in [6, 6.07) is 10.1. The fourth-order valence-corrected chi connectivity index (χ4v) is 3.72. The van der Waals surface area contributed by atoms with Gasteiger partial charge in [0.05, 0.1) is 11.9 Å². The molecule has 2 aromatic rings. The van der Waals surface area contributed by atoms with Gasteiger partial charge < -0.3 is 4.74 Å². The van der Waals surface area contributed by atoms with E-state index in [9.17, 15) is 0 Å². The van der Waals surface area contributed by atoms with Crippen molar-refractivity contribution in [3.63, 3.8) is 0 Å². The Morgan fingerprint density at radius 3 is 2.25 bits per heavy atom. The first-order chi connectivity index (χ1) is 9.43. The molecule has 2 rings (SSSR count). The predicted octanol–water partition coefficient (Wildman–Crippen LogP) is 6.21. The SMILES string of the molecule is COc1c(C)cc(C(Br)c2cc(Br)ccc2Cl)cc1C. The number of benzene rings is 2. The monoisotopic (exact) mass is 416 g/mol. The maximum Gasteiger partial charge on any atom is 0.124 e. The number of alkyl halides is 1. The lowest BCUT2D eigenvalue weighted by atomic mass is 9.99. The molecule has 1 nitrogen and oxygen atoms in total. The van der Waals surface area contributed by atoms with Crippen LogP contribution in [0.15, 0.2) is 34.8 Å². The Morgan fingerprint density at radius 1 is 1.10 bits per heavy atom. The summed E-state index contributed by atoms with van der Waals surface area (Å²) in [5.74, 6) is 0.939. The molecule has 0 saturated heterocycles. The fourth-order valence-electron chi connectivity index (χ4n) is 2.34. The first kappa shape index (κ1) is 15.9. The van der Waals surface area contributed by atoms with Gasteiger partial charge in [0.2, 0.25) is 0 Å². The Morgan fingerprint density at radius 2 is 1.70 bits per heavy atom. The Hall–Kier alpha value is -0.510. The zero-order chi connectivity index (χ0) is 14.9. The van der Waals surface area contributed by atoms with Crippen LogP contribution in [-0.4, -0.2) is 7.11 Å². The summed E-state index contributed by atoms with van der Waals surface area (Å²) in [7, 11) is 1.70. The molecule has 0 spiro atoms. The molecule has 0 aliphatic rings. The van der Waals surface area contributed by atoms with Crippen LogP contribution in [0.2, 0.25) is 5.02 Å². The van der Waals surface area contributed by atoms with Gasteiger partial charge >= 0.3 is 0 Å². The molecule has 1 atom stereocenters. The van der Waals surface area contributed by atoms with Gasteiger partial charge in [-0.05, 0) is 54.3 Å². The topological polar surface area (TPSA) is 9.23 Å². The molecule has 0 fully saturated rings. The van der Waals surface area contributed by atoms with E-state index in [0.717, 1.165) is 31.9 Å². The second-order valence-corrected chi connectivity index (χ2v) is 6.95. The average Bonchev–Trinajstić information content (AvgIpc) is 2.40. The first-order valence-corrected chi connectivity index (χ1v) is 8.27. The molecule has 0 aliphatic carbocycles. The van der Waals surface area contributed by atoms with Gasteiger partial charge in [0.15, 0.2) is 0 Å². The third kappa shape index (κ3) is 3.21. The van der Waals surface area contributed by atoms with E-state index in [2.05, 4.69) is 57.8 Å². The number of hydrogen-bond donors (Lipinski definition) is 0. The predicted molar refractivity (Wildman–Crippen MR) is 92.4 cm³/mol. The number of aryl methyl sites for hydroxylation is 2. The van der Waals surface area contributed by atoms with Crippen LogP contribution in [0.25, 0.3) is 0 Å². The van der Waals surface area contributed by atoms with Gasteiger partial charge in [-0.25, -0.2) is 0 Å². The number of methoxy groups -OCH3 is 1. The van der Waals surface area contributed by atoms with E-state index < -0.39 is 0 Å². The molecule has 2 aromatic carbocycles. The van der Waals surface area contributed by atoms with E-state index in [4.69, 9.17) is 16.3 Å². The molecule has 1 unspecified atom stereocenters. The number of halogens is 3. The third-order valence-electron chi connectivity index (χ3n) is 3.21. The van der Waals surface area contributed by atoms with Crippen molar-refractivity contribution in [3.8, 4) is 5.75 Å². The van der Waals surface area contributed by atoms with Gasteiger partial charge in [0.25, 0.3) is 0 Å². The first-order valence-electron chi connectivity index (χ1n) is 6.18. The molecule has 0 N–H and O–H groups in total. The quantitative estimate of drug-likeness (QED) is 0.538. The van der Waals surface area contributed by atoms with Crippen molar-refractivity contribution < 1.29 is 4.74 Å². The van der Waals surface area contributed by atoms with Crippen molar-refractivity contribution in [2.75, 3.05) is 7.11 Å². The minimum atomic E-state index is 0.0517. The molecule has 4 heteroatoms. The van der Waals surface area contributed by atoms with Crippen molar-refractivity contribution in [2.24, 2.45) is 0 Å². The highest BCUT2D eigenvalue weighted by molar-refractivity contribution is 9.10. The second-order valence-electron chi connectivity index (χ2n) is 4.72. The van der Waals surface area contributed by atoms with Gasteiger partial charge in [-0.2, -0.15) is 0 Å². The Kier molecular flexibility index (Phi) is 5.16. The van der Waals surface area contributed by atoms with Crippen molar-refractivity contribution in [3.05, 3.63) is 62.1 Å². The summed E-state index contributed by atoms with van der Waals surface area (Å²) >= 11 is 13.5. The van der Waals surface area contributed by atoms with E-state index >= 15 is 0 Å². The minimum absolute atomic E-state index is 0.0517. The minimum Gasteiger partial charge on any atom is -0.496 e. The van der Waals surface area contributed by atoms with Gasteiger partial charge in [0.1, 0.15) is 5.75 Å². The lowest BCUT2D eigenvalue weighted by Crippen LogP contribution is -1.98. The standard InChI is InChI=1S/C16H15Br2ClO/c1-9-6-11(7-10(2)16(9)20-3)15(18)13-8-12(17)4-5-14(13)19/h4-8,15H,1-3H3. The molecule has 0 radical (unpaired) electrons. The van der Waals surface area contributed by atoms with Crippen LogP contribution in [0.5, 0.6) is 5.75 Å². The van der Waals surface area contributed by atoms with Crippen molar-refractivity contribution >= 4 is 43.5 Å². The molecule has 0 amide bonds. The summed E-state index contributed by atoms with van der Waals surface area (Å²) < 4.78 is 6.43. The smallest absolute Gasteiger partial charge is 0.124 e. The molecule has 0 aliphatic heterocycles. The molecule has 0 bridgehead atoms. The Bertz CT molecular complexity index is 617. The van der Waals surface area contributed by atoms with Crippen LogP contribution in [0.3, 0.4) is 0 Å². The Balaban J connectivity index is 2.48. The van der Waals surface area contributed by atoms with Crippen LogP contribution in [0, 0.1) is 13.8 Å². The lowest BCUT2D eigenvalue weighted by Gasteiger charge is -2.17. The van der Waals surface area contributed by atoms with E-state index in [1.165, 1.54) is 5.56 Å². The van der Waals surface area contributed by atoms with E-state index in [-0.39, 0.29) is 4.83 Å². The number of rotatable bonds is 3. The van der Waals surface area contributed by atoms with Gasteiger partial charge in [-0.3, -0.25) is 0 Å². The summed E-state index contributed by atoms with van der Waals surface area (Å²) in [4.78, 5) is 0.0517. The van der Waals surface area contributed by atoms with Gasteiger partial charge in [0, 0.05) is 9.50 Å². The van der Waals surface area contributed by atoms with E-state index in [1.807, 2.05) is 18.2 Å². The van der Waals surface area contributed by atoms with Gasteiger partial charge in [-0.15, -0.1) is 0 Å². The van der Waals surface area contributed by atoms with Crippen molar-refractivity contribution in [1.29, 1.82) is 0 Å². The zero-order valence-electron chi connectivity index (χ0n) is 11.5. The summed E-state index contributed by atoms with van der Waals surface area (Å²) in [6.45, 7) is 4.11. The van der Waals surface area contributed by atoms with Crippen LogP contribution >= 0.6 is 43.5 Å². The zero-order valence-corrected chi connectivity index (χ0v) is 15.4. The second kappa shape index (κ2) is 6.50. The summed E-state index contributed by atoms with van der Waals surface area (Å²) in [5.41, 5.74) is 4.46. The maximum atomic E-state index is 6.30. The maximum absolute atomic E-state index is 6.30. The highest BCUT2D eigenvalue weighted by Gasteiger charge is 2.16. The normalized spacial score (nSPS) is 12.3. The van der Waals surface area contributed by atoms with Crippen molar-refractivity contribution in [1.82, 2.24) is 0 Å². The van der Waals surface area contributed by atoms with Crippen molar-refractivity contribution in [2.45, 2.75) is 18.7 Å². The molecular weight excluding hydrogens is 403 g/mol.